The van der Waals surface area contributed by atoms with E-state index in [1.54, 1.807) is 11.3 Å². The van der Waals surface area contributed by atoms with Crippen molar-refractivity contribution in [2.75, 3.05) is 30.4 Å². The molecule has 23 heavy (non-hydrogen) atoms. The second kappa shape index (κ2) is 5.73. The Morgan fingerprint density at radius 2 is 2.04 bits per heavy atom. The van der Waals surface area contributed by atoms with Gasteiger partial charge < -0.3 is 9.80 Å². The topological polar surface area (TPSA) is 84.1 Å². The molecule has 4 rings (SSSR count). The second-order valence-electron chi connectivity index (χ2n) is 5.75. The molecule has 0 amide bonds. The van der Waals surface area contributed by atoms with E-state index in [1.807, 2.05) is 30.6 Å². The lowest BCUT2D eigenvalue weighted by molar-refractivity contribution is 0.314. The van der Waals surface area contributed by atoms with Crippen LogP contribution in [0.3, 0.4) is 0 Å². The number of fused-ring (bicyclic) bond motifs is 1. The summed E-state index contributed by atoms with van der Waals surface area (Å²) in [5.41, 5.74) is 0.870. The third-order valence-corrected chi connectivity index (χ3v) is 4.89. The van der Waals surface area contributed by atoms with Gasteiger partial charge in [0.15, 0.2) is 11.6 Å². The Balaban J connectivity index is 1.83. The zero-order valence-electron chi connectivity index (χ0n) is 13.0. The Morgan fingerprint density at radius 3 is 2.78 bits per heavy atom. The maximum Gasteiger partial charge on any atom is 0.245 e. The lowest BCUT2D eigenvalue weighted by Gasteiger charge is -2.36. The molecule has 0 aromatic carbocycles. The predicted octanol–water partition coefficient (Wildman–Crippen LogP) is 2.27. The van der Waals surface area contributed by atoms with E-state index >= 15 is 0 Å². The number of anilines is 2. The highest BCUT2D eigenvalue weighted by molar-refractivity contribution is 7.09. The summed E-state index contributed by atoms with van der Waals surface area (Å²) in [4.78, 5) is 18.0. The summed E-state index contributed by atoms with van der Waals surface area (Å²) in [5, 5.41) is 10.8. The summed E-state index contributed by atoms with van der Waals surface area (Å²) >= 11 is 1.69. The summed E-state index contributed by atoms with van der Waals surface area (Å²) in [6, 6.07) is 0.231. The lowest BCUT2D eigenvalue weighted by Crippen LogP contribution is -2.35. The highest BCUT2D eigenvalue weighted by atomic mass is 32.1. The van der Waals surface area contributed by atoms with Crippen LogP contribution in [0.4, 0.5) is 11.6 Å². The first kappa shape index (κ1) is 14.3. The molecule has 0 spiro atoms. The van der Waals surface area contributed by atoms with Crippen LogP contribution in [0.25, 0.3) is 11.3 Å². The van der Waals surface area contributed by atoms with Gasteiger partial charge in [-0.2, -0.15) is 0 Å². The van der Waals surface area contributed by atoms with Crippen molar-refractivity contribution in [3.63, 3.8) is 0 Å². The quantitative estimate of drug-likeness (QED) is 0.722. The molecule has 0 saturated carbocycles. The Kier molecular flexibility index (Phi) is 3.56. The van der Waals surface area contributed by atoms with Crippen molar-refractivity contribution in [3.05, 3.63) is 16.6 Å². The van der Waals surface area contributed by atoms with Crippen LogP contribution in [0, 0.1) is 0 Å². The van der Waals surface area contributed by atoms with Gasteiger partial charge in [-0.3, -0.25) is 0 Å². The minimum absolute atomic E-state index is 0.231. The van der Waals surface area contributed by atoms with Gasteiger partial charge in [0.1, 0.15) is 5.01 Å². The molecule has 120 valence electrons. The van der Waals surface area contributed by atoms with Gasteiger partial charge in [-0.1, -0.05) is 0 Å². The van der Waals surface area contributed by atoms with Crippen LogP contribution in [0.15, 0.2) is 16.2 Å². The maximum absolute atomic E-state index is 4.77. The minimum Gasteiger partial charge on any atom is -0.360 e. The standard InChI is InChI=1S/C14H17N7OS/c1-20(2)12-13(17-11-10(16-12)18-22-19-11)21-7-4-3-5-9(21)14-15-6-8-23-14/h6,8-9H,3-5,7H2,1-2H3. The molecule has 0 bridgehead atoms. The first-order valence-electron chi connectivity index (χ1n) is 7.57. The number of aromatic nitrogens is 5. The largest absolute Gasteiger partial charge is 0.360 e. The first-order chi connectivity index (χ1) is 11.2. The first-order valence-corrected chi connectivity index (χ1v) is 8.45. The third-order valence-electron chi connectivity index (χ3n) is 4.01. The van der Waals surface area contributed by atoms with Gasteiger partial charge in [0.05, 0.1) is 6.04 Å². The molecule has 1 fully saturated rings. The molecule has 3 aromatic rings. The van der Waals surface area contributed by atoms with E-state index < -0.39 is 0 Å². The van der Waals surface area contributed by atoms with Gasteiger partial charge in [-0.05, 0) is 29.6 Å². The number of piperidine rings is 1. The van der Waals surface area contributed by atoms with Crippen LogP contribution in [0.5, 0.6) is 0 Å². The molecule has 1 saturated heterocycles. The Labute approximate surface area is 137 Å². The van der Waals surface area contributed by atoms with Crippen LogP contribution >= 0.6 is 11.3 Å². The van der Waals surface area contributed by atoms with Crippen molar-refractivity contribution in [3.8, 4) is 0 Å². The molecule has 4 heterocycles. The number of hydrogen-bond acceptors (Lipinski definition) is 9. The maximum atomic E-state index is 4.77. The highest BCUT2D eigenvalue weighted by Gasteiger charge is 2.30. The number of nitrogens with zero attached hydrogens (tertiary/aromatic N) is 7. The van der Waals surface area contributed by atoms with E-state index in [0.29, 0.717) is 11.3 Å². The molecular weight excluding hydrogens is 314 g/mol. The summed E-state index contributed by atoms with van der Waals surface area (Å²) in [5.74, 6) is 1.59. The normalized spacial score (nSPS) is 18.5. The smallest absolute Gasteiger partial charge is 0.245 e. The molecule has 0 N–H and O–H groups in total. The Bertz CT molecular complexity index is 801. The van der Waals surface area contributed by atoms with E-state index in [4.69, 9.17) is 4.63 Å². The van der Waals surface area contributed by atoms with Crippen LogP contribution in [0.2, 0.25) is 0 Å². The van der Waals surface area contributed by atoms with E-state index in [9.17, 15) is 0 Å². The fourth-order valence-electron chi connectivity index (χ4n) is 2.95. The van der Waals surface area contributed by atoms with Crippen molar-refractivity contribution in [2.45, 2.75) is 25.3 Å². The number of rotatable bonds is 3. The molecule has 1 atom stereocenters. The van der Waals surface area contributed by atoms with Crippen LogP contribution in [0.1, 0.15) is 30.3 Å². The van der Waals surface area contributed by atoms with Gasteiger partial charge in [0.2, 0.25) is 11.3 Å². The molecule has 9 heteroatoms. The zero-order valence-corrected chi connectivity index (χ0v) is 13.8. The van der Waals surface area contributed by atoms with E-state index in [2.05, 4.69) is 30.2 Å². The zero-order chi connectivity index (χ0) is 15.8. The molecular formula is C14H17N7OS. The van der Waals surface area contributed by atoms with Crippen LogP contribution in [-0.2, 0) is 0 Å². The summed E-state index contributed by atoms with van der Waals surface area (Å²) in [6.45, 7) is 0.927. The Morgan fingerprint density at radius 1 is 1.22 bits per heavy atom. The molecule has 1 aliphatic heterocycles. The molecule has 1 unspecified atom stereocenters. The Hall–Kier alpha value is -2.29. The summed E-state index contributed by atoms with van der Waals surface area (Å²) in [7, 11) is 3.91. The average molecular weight is 331 g/mol. The van der Waals surface area contributed by atoms with Crippen molar-refractivity contribution in [1.29, 1.82) is 0 Å². The molecule has 0 aliphatic carbocycles. The molecule has 0 radical (unpaired) electrons. The number of thiazole rings is 1. The van der Waals surface area contributed by atoms with E-state index in [-0.39, 0.29) is 6.04 Å². The van der Waals surface area contributed by atoms with E-state index in [1.165, 1.54) is 6.42 Å². The highest BCUT2D eigenvalue weighted by Crippen LogP contribution is 2.38. The van der Waals surface area contributed by atoms with Crippen molar-refractivity contribution in [2.24, 2.45) is 0 Å². The summed E-state index contributed by atoms with van der Waals surface area (Å²) < 4.78 is 4.77. The predicted molar refractivity (Wildman–Crippen MR) is 87.8 cm³/mol. The minimum atomic E-state index is 0.231. The van der Waals surface area contributed by atoms with Gasteiger partial charge in [0.25, 0.3) is 0 Å². The number of hydrogen-bond donors (Lipinski definition) is 0. The van der Waals surface area contributed by atoms with Crippen LogP contribution < -0.4 is 9.80 Å². The van der Waals surface area contributed by atoms with Crippen molar-refractivity contribution in [1.82, 2.24) is 25.3 Å². The fraction of sp³-hybridized carbons (Fsp3) is 0.500. The molecule has 1 aliphatic rings. The monoisotopic (exact) mass is 331 g/mol. The molecule has 3 aromatic heterocycles. The van der Waals surface area contributed by atoms with Gasteiger partial charge in [-0.15, -0.1) is 11.3 Å². The SMILES string of the molecule is CN(C)c1nc2nonc2nc1N1CCCCC1c1nccs1. The lowest BCUT2D eigenvalue weighted by atomic mass is 10.0. The van der Waals surface area contributed by atoms with Gasteiger partial charge in [0, 0.05) is 32.2 Å². The van der Waals surface area contributed by atoms with Crippen LogP contribution in [-0.4, -0.2) is 45.9 Å². The summed E-state index contributed by atoms with van der Waals surface area (Å²) in [6.07, 6.45) is 5.25. The average Bonchev–Trinajstić information content (AvgIpc) is 3.24. The van der Waals surface area contributed by atoms with Gasteiger partial charge in [-0.25, -0.2) is 19.6 Å². The third kappa shape index (κ3) is 2.50. The fourth-order valence-corrected chi connectivity index (χ4v) is 3.74. The second-order valence-corrected chi connectivity index (χ2v) is 6.68. The van der Waals surface area contributed by atoms with Gasteiger partial charge >= 0.3 is 0 Å². The molecule has 8 nitrogen and oxygen atoms in total. The van der Waals surface area contributed by atoms with E-state index in [0.717, 1.165) is 36.0 Å². The van der Waals surface area contributed by atoms with Crippen molar-refractivity contribution < 1.29 is 4.63 Å². The van der Waals surface area contributed by atoms with Crippen molar-refractivity contribution >= 4 is 34.3 Å².